The molecule has 1 aromatic heterocycles. The minimum atomic E-state index is -0.797. The third kappa shape index (κ3) is 3.07. The lowest BCUT2D eigenvalue weighted by molar-refractivity contribution is -0.144. The van der Waals surface area contributed by atoms with Gasteiger partial charge in [0.15, 0.2) is 4.67 Å². The second-order valence-electron chi connectivity index (χ2n) is 5.07. The van der Waals surface area contributed by atoms with Crippen LogP contribution in [0.3, 0.4) is 0 Å². The maximum absolute atomic E-state index is 11.5. The molecule has 1 N–H and O–H groups in total. The van der Waals surface area contributed by atoms with Crippen molar-refractivity contribution in [2.45, 2.75) is 25.6 Å². The van der Waals surface area contributed by atoms with Gasteiger partial charge in [-0.05, 0) is 55.5 Å². The number of hydrogen-bond donors (Lipinski definition) is 1. The molecule has 1 aliphatic rings. The van der Waals surface area contributed by atoms with E-state index in [0.29, 0.717) is 24.2 Å². The second-order valence-corrected chi connectivity index (χ2v) is 6.64. The molecule has 2 heterocycles. The zero-order valence-electron chi connectivity index (χ0n) is 11.1. The number of nitrogens with zero attached hydrogens (tertiary/aromatic N) is 1. The Balaban J connectivity index is 1.87. The summed E-state index contributed by atoms with van der Waals surface area (Å²) < 4.78 is 7.03. The highest BCUT2D eigenvalue weighted by atomic mass is 79.9. The average molecular weight is 415 g/mol. The van der Waals surface area contributed by atoms with Crippen LogP contribution in [0, 0.1) is 0 Å². The molecule has 3 rings (SSSR count). The van der Waals surface area contributed by atoms with Gasteiger partial charge in [-0.2, -0.15) is 0 Å². The fourth-order valence-corrected chi connectivity index (χ4v) is 3.31. The van der Waals surface area contributed by atoms with Gasteiger partial charge in [-0.15, -0.1) is 0 Å². The Morgan fingerprint density at radius 3 is 2.67 bits per heavy atom. The molecule has 0 radical (unpaired) electrons. The number of carboxylic acid groups (broad SMARTS) is 1. The van der Waals surface area contributed by atoms with Gasteiger partial charge in [-0.1, -0.05) is 24.3 Å². The van der Waals surface area contributed by atoms with Crippen LogP contribution in [0.4, 0.5) is 0 Å². The molecule has 2 aromatic rings. The molecule has 0 saturated heterocycles. The molecule has 1 aliphatic heterocycles. The van der Waals surface area contributed by atoms with E-state index in [1.807, 2.05) is 35.2 Å². The zero-order valence-corrected chi connectivity index (χ0v) is 14.2. The standard InChI is InChI=1S/C15H13Br2NO3/c16-12-6-11(21-14(12)17)8-18-7-10-4-2-1-3-9(10)5-13(18)15(19)20/h1-4,6,13H,5,7-8H2,(H,19,20). The average Bonchev–Trinajstić information content (AvgIpc) is 2.76. The van der Waals surface area contributed by atoms with Gasteiger partial charge in [-0.25, -0.2) is 0 Å². The van der Waals surface area contributed by atoms with Crippen molar-refractivity contribution in [2.24, 2.45) is 0 Å². The highest BCUT2D eigenvalue weighted by molar-refractivity contribution is 9.13. The SMILES string of the molecule is O=C(O)C1Cc2ccccc2CN1Cc1cc(Br)c(Br)o1. The van der Waals surface area contributed by atoms with E-state index in [-0.39, 0.29) is 0 Å². The molecule has 1 aromatic carbocycles. The van der Waals surface area contributed by atoms with Crippen LogP contribution in [0.5, 0.6) is 0 Å². The summed E-state index contributed by atoms with van der Waals surface area (Å²) in [6.45, 7) is 1.08. The van der Waals surface area contributed by atoms with Gasteiger partial charge < -0.3 is 9.52 Å². The van der Waals surface area contributed by atoms with Crippen molar-refractivity contribution in [2.75, 3.05) is 0 Å². The number of carboxylic acids is 1. The maximum atomic E-state index is 11.5. The number of furan rings is 1. The molecule has 0 aliphatic carbocycles. The monoisotopic (exact) mass is 413 g/mol. The molecule has 1 atom stereocenters. The number of fused-ring (bicyclic) bond motifs is 1. The Hall–Kier alpha value is -1.11. The number of benzene rings is 1. The highest BCUT2D eigenvalue weighted by Crippen LogP contribution is 2.30. The van der Waals surface area contributed by atoms with E-state index in [9.17, 15) is 9.90 Å². The van der Waals surface area contributed by atoms with Crippen LogP contribution in [0.25, 0.3) is 0 Å². The summed E-state index contributed by atoms with van der Waals surface area (Å²) in [6.07, 6.45) is 0.522. The largest absolute Gasteiger partial charge is 0.480 e. The summed E-state index contributed by atoms with van der Waals surface area (Å²) >= 11 is 6.68. The van der Waals surface area contributed by atoms with Crippen LogP contribution in [0.1, 0.15) is 16.9 Å². The number of hydrogen-bond acceptors (Lipinski definition) is 3. The van der Waals surface area contributed by atoms with Crippen LogP contribution in [-0.4, -0.2) is 22.0 Å². The van der Waals surface area contributed by atoms with Crippen molar-refractivity contribution < 1.29 is 14.3 Å². The van der Waals surface area contributed by atoms with Crippen LogP contribution in [0.15, 0.2) is 43.9 Å². The third-order valence-corrected chi connectivity index (χ3v) is 5.40. The summed E-state index contributed by atoms with van der Waals surface area (Å²) in [5, 5.41) is 9.48. The Morgan fingerprint density at radius 2 is 2.05 bits per heavy atom. The predicted molar refractivity (Wildman–Crippen MR) is 84.9 cm³/mol. The summed E-state index contributed by atoms with van der Waals surface area (Å²) in [4.78, 5) is 13.5. The molecule has 0 bridgehead atoms. The van der Waals surface area contributed by atoms with Gasteiger partial charge in [0.1, 0.15) is 11.8 Å². The number of carbonyl (C=O) groups is 1. The fraction of sp³-hybridized carbons (Fsp3) is 0.267. The summed E-state index contributed by atoms with van der Waals surface area (Å²) in [5.74, 6) is -0.0615. The van der Waals surface area contributed by atoms with E-state index in [4.69, 9.17) is 4.42 Å². The van der Waals surface area contributed by atoms with Crippen LogP contribution >= 0.6 is 31.9 Å². The van der Waals surface area contributed by atoms with Crippen molar-refractivity contribution in [3.8, 4) is 0 Å². The topological polar surface area (TPSA) is 53.7 Å². The van der Waals surface area contributed by atoms with E-state index in [1.54, 1.807) is 0 Å². The summed E-state index contributed by atoms with van der Waals surface area (Å²) in [7, 11) is 0. The first kappa shape index (κ1) is 14.8. The van der Waals surface area contributed by atoms with Crippen molar-refractivity contribution in [1.29, 1.82) is 0 Å². The van der Waals surface area contributed by atoms with Crippen LogP contribution in [-0.2, 0) is 24.3 Å². The smallest absolute Gasteiger partial charge is 0.321 e. The molecule has 0 amide bonds. The summed E-state index contributed by atoms with van der Waals surface area (Å²) in [5.41, 5.74) is 2.29. The van der Waals surface area contributed by atoms with Gasteiger partial charge in [-0.3, -0.25) is 9.69 Å². The number of rotatable bonds is 3. The first-order chi connectivity index (χ1) is 10.0. The lowest BCUT2D eigenvalue weighted by atomic mass is 9.94. The molecule has 110 valence electrons. The first-order valence-corrected chi connectivity index (χ1v) is 8.10. The van der Waals surface area contributed by atoms with Crippen molar-refractivity contribution in [3.63, 3.8) is 0 Å². The molecule has 1 unspecified atom stereocenters. The Labute approximate surface area is 139 Å². The van der Waals surface area contributed by atoms with Crippen LogP contribution in [0.2, 0.25) is 0 Å². The van der Waals surface area contributed by atoms with Gasteiger partial charge in [0, 0.05) is 6.54 Å². The lowest BCUT2D eigenvalue weighted by Gasteiger charge is -2.33. The normalized spacial score (nSPS) is 18.5. The minimum absolute atomic E-state index is 0.468. The van der Waals surface area contributed by atoms with Gasteiger partial charge in [0.05, 0.1) is 11.0 Å². The van der Waals surface area contributed by atoms with E-state index in [1.165, 1.54) is 5.56 Å². The predicted octanol–water partition coefficient (Wildman–Crippen LogP) is 3.82. The van der Waals surface area contributed by atoms with E-state index in [0.717, 1.165) is 15.8 Å². The minimum Gasteiger partial charge on any atom is -0.480 e. The van der Waals surface area contributed by atoms with Crippen molar-refractivity contribution in [3.05, 3.63) is 56.4 Å². The zero-order chi connectivity index (χ0) is 15.0. The third-order valence-electron chi connectivity index (χ3n) is 3.69. The molecule has 0 saturated carbocycles. The van der Waals surface area contributed by atoms with Gasteiger partial charge >= 0.3 is 5.97 Å². The highest BCUT2D eigenvalue weighted by Gasteiger charge is 2.31. The Morgan fingerprint density at radius 1 is 1.33 bits per heavy atom. The summed E-state index contributed by atoms with van der Waals surface area (Å²) in [6, 6.07) is 9.33. The van der Waals surface area contributed by atoms with Gasteiger partial charge in [0.2, 0.25) is 0 Å². The quantitative estimate of drug-likeness (QED) is 0.829. The first-order valence-electron chi connectivity index (χ1n) is 6.52. The Kier molecular flexibility index (Phi) is 4.19. The van der Waals surface area contributed by atoms with E-state index in [2.05, 4.69) is 31.9 Å². The molecular weight excluding hydrogens is 402 g/mol. The van der Waals surface area contributed by atoms with E-state index < -0.39 is 12.0 Å². The van der Waals surface area contributed by atoms with Crippen molar-refractivity contribution in [1.82, 2.24) is 4.90 Å². The van der Waals surface area contributed by atoms with Gasteiger partial charge in [0.25, 0.3) is 0 Å². The van der Waals surface area contributed by atoms with Crippen molar-refractivity contribution >= 4 is 37.8 Å². The number of aliphatic carboxylic acids is 1. The molecular formula is C15H13Br2NO3. The van der Waals surface area contributed by atoms with Crippen LogP contribution < -0.4 is 0 Å². The molecule has 4 nitrogen and oxygen atoms in total. The molecule has 6 heteroatoms. The lowest BCUT2D eigenvalue weighted by Crippen LogP contribution is -2.44. The fourth-order valence-electron chi connectivity index (χ4n) is 2.66. The second kappa shape index (κ2) is 5.94. The molecule has 0 spiro atoms. The number of halogens is 2. The Bertz CT molecular complexity index is 664. The maximum Gasteiger partial charge on any atom is 0.321 e. The van der Waals surface area contributed by atoms with E-state index >= 15 is 0 Å². The molecule has 21 heavy (non-hydrogen) atoms. The molecule has 0 fully saturated rings.